The Morgan fingerprint density at radius 3 is 2.80 bits per heavy atom. The number of carbonyl (C=O) groups is 1. The van der Waals surface area contributed by atoms with Gasteiger partial charge in [-0.25, -0.2) is 5.06 Å². The number of nitrogens with zero attached hydrogens (tertiary/aromatic N) is 1. The van der Waals surface area contributed by atoms with E-state index in [4.69, 9.17) is 20.9 Å². The van der Waals surface area contributed by atoms with Crippen LogP contribution in [0.3, 0.4) is 0 Å². The van der Waals surface area contributed by atoms with Crippen LogP contribution in [-0.4, -0.2) is 35.3 Å². The van der Waals surface area contributed by atoms with Gasteiger partial charge in [0.15, 0.2) is 5.76 Å². The standard InChI is InChI=1S/C14H12ClNO4/c15-11-4-2-1-3-10(11)12-5-6-13(20-12)14(18)16-7-9(17)8-19-16/h1-6,9,17H,7-8H2. The van der Waals surface area contributed by atoms with Crippen LogP contribution < -0.4 is 0 Å². The van der Waals surface area contributed by atoms with E-state index in [1.54, 1.807) is 18.2 Å². The van der Waals surface area contributed by atoms with Crippen molar-refractivity contribution in [3.8, 4) is 11.3 Å². The molecule has 6 heteroatoms. The van der Waals surface area contributed by atoms with E-state index >= 15 is 0 Å². The molecule has 3 rings (SSSR count). The van der Waals surface area contributed by atoms with Gasteiger partial charge >= 0.3 is 5.91 Å². The van der Waals surface area contributed by atoms with Crippen molar-refractivity contribution in [2.45, 2.75) is 6.10 Å². The van der Waals surface area contributed by atoms with E-state index in [1.165, 1.54) is 0 Å². The number of amides is 1. The molecule has 104 valence electrons. The third-order valence-electron chi connectivity index (χ3n) is 2.98. The third kappa shape index (κ3) is 2.43. The summed E-state index contributed by atoms with van der Waals surface area (Å²) in [5.41, 5.74) is 0.718. The molecule has 0 saturated carbocycles. The lowest BCUT2D eigenvalue weighted by atomic mass is 10.2. The molecule has 1 aromatic heterocycles. The van der Waals surface area contributed by atoms with Crippen LogP contribution in [0.5, 0.6) is 0 Å². The summed E-state index contributed by atoms with van der Waals surface area (Å²) in [6.07, 6.45) is -0.656. The van der Waals surface area contributed by atoms with Crippen molar-refractivity contribution in [3.05, 3.63) is 47.2 Å². The first-order valence-electron chi connectivity index (χ1n) is 6.13. The number of benzene rings is 1. The van der Waals surface area contributed by atoms with E-state index < -0.39 is 12.0 Å². The Bertz CT molecular complexity index is 640. The first kappa shape index (κ1) is 13.2. The Hall–Kier alpha value is -1.82. The summed E-state index contributed by atoms with van der Waals surface area (Å²) in [6, 6.07) is 10.5. The summed E-state index contributed by atoms with van der Waals surface area (Å²) in [4.78, 5) is 17.2. The van der Waals surface area contributed by atoms with Crippen molar-refractivity contribution >= 4 is 17.5 Å². The Kier molecular flexibility index (Phi) is 3.48. The van der Waals surface area contributed by atoms with Crippen molar-refractivity contribution in [1.82, 2.24) is 5.06 Å². The van der Waals surface area contributed by atoms with Gasteiger partial charge in [-0.15, -0.1) is 0 Å². The lowest BCUT2D eigenvalue weighted by Crippen LogP contribution is -2.28. The van der Waals surface area contributed by atoms with Crippen LogP contribution in [-0.2, 0) is 4.84 Å². The van der Waals surface area contributed by atoms with Gasteiger partial charge in [-0.2, -0.15) is 0 Å². The molecule has 0 aliphatic carbocycles. The van der Waals surface area contributed by atoms with Crippen LogP contribution in [0, 0.1) is 0 Å². The third-order valence-corrected chi connectivity index (χ3v) is 3.31. The van der Waals surface area contributed by atoms with Gasteiger partial charge < -0.3 is 9.52 Å². The molecule has 1 aromatic carbocycles. The van der Waals surface area contributed by atoms with Crippen molar-refractivity contribution in [2.24, 2.45) is 0 Å². The maximum Gasteiger partial charge on any atom is 0.313 e. The van der Waals surface area contributed by atoms with Gasteiger partial charge in [-0.1, -0.05) is 23.7 Å². The van der Waals surface area contributed by atoms with Crippen LogP contribution in [0.4, 0.5) is 0 Å². The molecule has 0 bridgehead atoms. The topological polar surface area (TPSA) is 62.9 Å². The average Bonchev–Trinajstić information content (AvgIpc) is 3.07. The lowest BCUT2D eigenvalue weighted by molar-refractivity contribution is -0.0795. The minimum absolute atomic E-state index is 0.115. The van der Waals surface area contributed by atoms with Crippen molar-refractivity contribution in [3.63, 3.8) is 0 Å². The molecule has 1 N–H and O–H groups in total. The minimum Gasteiger partial charge on any atom is -0.451 e. The van der Waals surface area contributed by atoms with Crippen LogP contribution in [0.15, 0.2) is 40.8 Å². The zero-order valence-corrected chi connectivity index (χ0v) is 11.2. The highest BCUT2D eigenvalue weighted by atomic mass is 35.5. The highest BCUT2D eigenvalue weighted by molar-refractivity contribution is 6.33. The number of carbonyl (C=O) groups excluding carboxylic acids is 1. The molecular formula is C14H12ClNO4. The molecule has 1 saturated heterocycles. The Morgan fingerprint density at radius 2 is 2.10 bits per heavy atom. The predicted molar refractivity (Wildman–Crippen MR) is 72.1 cm³/mol. The molecular weight excluding hydrogens is 282 g/mol. The number of hydroxylamine groups is 2. The van der Waals surface area contributed by atoms with E-state index in [0.29, 0.717) is 10.8 Å². The van der Waals surface area contributed by atoms with Gasteiger partial charge in [0.2, 0.25) is 0 Å². The highest BCUT2D eigenvalue weighted by Gasteiger charge is 2.29. The van der Waals surface area contributed by atoms with E-state index in [-0.39, 0.29) is 18.9 Å². The summed E-state index contributed by atoms with van der Waals surface area (Å²) in [5.74, 6) is 0.243. The van der Waals surface area contributed by atoms with Gasteiger partial charge in [0.25, 0.3) is 0 Å². The van der Waals surface area contributed by atoms with Gasteiger partial charge in [0.1, 0.15) is 18.5 Å². The summed E-state index contributed by atoms with van der Waals surface area (Å²) in [6.45, 7) is 0.255. The molecule has 1 fully saturated rings. The molecule has 0 radical (unpaired) electrons. The van der Waals surface area contributed by atoms with E-state index in [9.17, 15) is 9.90 Å². The number of halogens is 1. The lowest BCUT2D eigenvalue weighted by Gasteiger charge is -2.11. The Balaban J connectivity index is 1.84. The molecule has 1 aliphatic rings. The first-order valence-corrected chi connectivity index (χ1v) is 6.50. The fraction of sp³-hybridized carbons (Fsp3) is 0.214. The molecule has 1 amide bonds. The summed E-state index contributed by atoms with van der Waals surface area (Å²) in [7, 11) is 0. The van der Waals surface area contributed by atoms with Crippen LogP contribution >= 0.6 is 11.6 Å². The maximum atomic E-state index is 12.1. The fourth-order valence-electron chi connectivity index (χ4n) is 2.00. The number of hydrogen-bond acceptors (Lipinski definition) is 4. The normalized spacial score (nSPS) is 18.5. The van der Waals surface area contributed by atoms with Crippen LogP contribution in [0.25, 0.3) is 11.3 Å². The molecule has 2 heterocycles. The van der Waals surface area contributed by atoms with Crippen molar-refractivity contribution in [1.29, 1.82) is 0 Å². The molecule has 2 aromatic rings. The van der Waals surface area contributed by atoms with Crippen molar-refractivity contribution < 1.29 is 19.2 Å². The smallest absolute Gasteiger partial charge is 0.313 e. The monoisotopic (exact) mass is 293 g/mol. The summed E-state index contributed by atoms with van der Waals surface area (Å²) >= 11 is 6.08. The molecule has 1 unspecified atom stereocenters. The second kappa shape index (κ2) is 5.28. The van der Waals surface area contributed by atoms with Crippen LogP contribution in [0.2, 0.25) is 5.02 Å². The summed E-state index contributed by atoms with van der Waals surface area (Å²) < 4.78 is 5.52. The number of hydrogen-bond donors (Lipinski definition) is 1. The first-order chi connectivity index (χ1) is 9.65. The van der Waals surface area contributed by atoms with Gasteiger partial charge in [-0.05, 0) is 24.3 Å². The number of aliphatic hydroxyl groups is 1. The van der Waals surface area contributed by atoms with E-state index in [0.717, 1.165) is 10.6 Å². The number of rotatable bonds is 2. The molecule has 1 atom stereocenters. The SMILES string of the molecule is O=C(c1ccc(-c2ccccc2Cl)o1)N1CC(O)CO1. The summed E-state index contributed by atoms with van der Waals surface area (Å²) in [5, 5.41) is 11.0. The van der Waals surface area contributed by atoms with Gasteiger partial charge in [-0.3, -0.25) is 9.63 Å². The second-order valence-electron chi connectivity index (χ2n) is 4.46. The van der Waals surface area contributed by atoms with Gasteiger partial charge in [0.05, 0.1) is 11.6 Å². The fourth-order valence-corrected chi connectivity index (χ4v) is 2.22. The second-order valence-corrected chi connectivity index (χ2v) is 4.87. The predicted octanol–water partition coefficient (Wildman–Crippen LogP) is 2.35. The number of furan rings is 1. The molecule has 5 nitrogen and oxygen atoms in total. The molecule has 20 heavy (non-hydrogen) atoms. The average molecular weight is 294 g/mol. The minimum atomic E-state index is -0.656. The van der Waals surface area contributed by atoms with Crippen LogP contribution in [0.1, 0.15) is 10.6 Å². The molecule has 0 spiro atoms. The highest BCUT2D eigenvalue weighted by Crippen LogP contribution is 2.29. The largest absolute Gasteiger partial charge is 0.451 e. The maximum absolute atomic E-state index is 12.1. The molecule has 1 aliphatic heterocycles. The zero-order chi connectivity index (χ0) is 14.1. The Morgan fingerprint density at radius 1 is 1.30 bits per heavy atom. The van der Waals surface area contributed by atoms with Gasteiger partial charge in [0, 0.05) is 5.56 Å². The number of aliphatic hydroxyl groups excluding tert-OH is 1. The van der Waals surface area contributed by atoms with E-state index in [2.05, 4.69) is 0 Å². The number of β-amino-alcohol motifs (C(OH)–C–C–N with tert-alkyl or cyclic N) is 1. The zero-order valence-electron chi connectivity index (χ0n) is 10.5. The quantitative estimate of drug-likeness (QED) is 0.923. The van der Waals surface area contributed by atoms with E-state index in [1.807, 2.05) is 18.2 Å². The Labute approximate surface area is 120 Å². The van der Waals surface area contributed by atoms with Crippen molar-refractivity contribution in [2.75, 3.05) is 13.2 Å².